The number of piperazine rings is 1. The van der Waals surface area contributed by atoms with E-state index in [9.17, 15) is 0 Å². The van der Waals surface area contributed by atoms with Crippen molar-refractivity contribution in [2.75, 3.05) is 38.1 Å². The number of nitrogens with one attached hydrogen (secondary N) is 1. The highest BCUT2D eigenvalue weighted by Gasteiger charge is 2.19. The lowest BCUT2D eigenvalue weighted by atomic mass is 10.2. The number of rotatable bonds is 1. The highest BCUT2D eigenvalue weighted by Crippen LogP contribution is 2.25. The first-order valence-corrected chi connectivity index (χ1v) is 6.47. The predicted octanol–water partition coefficient (Wildman–Crippen LogP) is 1.97. The summed E-state index contributed by atoms with van der Waals surface area (Å²) in [7, 11) is 1.86. The number of hydrogen-bond donors (Lipinski definition) is 1. The van der Waals surface area contributed by atoms with Crippen LogP contribution in [0.2, 0.25) is 5.02 Å². The highest BCUT2D eigenvalue weighted by molar-refractivity contribution is 7.80. The largest absolute Gasteiger partial charge is 0.367 e. The fraction of sp³-hybridized carbons (Fsp3) is 0.417. The van der Waals surface area contributed by atoms with E-state index in [1.54, 1.807) is 0 Å². The monoisotopic (exact) mass is 269 g/mol. The predicted molar refractivity (Wildman–Crippen MR) is 76.9 cm³/mol. The topological polar surface area (TPSA) is 18.5 Å². The van der Waals surface area contributed by atoms with E-state index in [1.165, 1.54) is 0 Å². The van der Waals surface area contributed by atoms with Crippen LogP contribution in [0.4, 0.5) is 5.69 Å². The van der Waals surface area contributed by atoms with Crippen LogP contribution in [0.25, 0.3) is 0 Å². The molecule has 0 aliphatic carbocycles. The SMILES string of the molecule is CNC(=S)N1CCN(c2ccccc2Cl)CC1. The highest BCUT2D eigenvalue weighted by atomic mass is 35.5. The first-order valence-electron chi connectivity index (χ1n) is 5.68. The molecular weight excluding hydrogens is 254 g/mol. The molecule has 0 atom stereocenters. The number of benzene rings is 1. The van der Waals surface area contributed by atoms with Gasteiger partial charge in [-0.1, -0.05) is 23.7 Å². The molecule has 1 saturated heterocycles. The van der Waals surface area contributed by atoms with E-state index in [1.807, 2.05) is 25.2 Å². The molecule has 0 radical (unpaired) electrons. The normalized spacial score (nSPS) is 15.9. The Morgan fingerprint density at radius 2 is 1.88 bits per heavy atom. The number of hydrogen-bond acceptors (Lipinski definition) is 2. The van der Waals surface area contributed by atoms with Gasteiger partial charge in [0.25, 0.3) is 0 Å². The van der Waals surface area contributed by atoms with Crippen LogP contribution in [0.15, 0.2) is 24.3 Å². The van der Waals surface area contributed by atoms with Gasteiger partial charge in [0, 0.05) is 33.2 Å². The summed E-state index contributed by atoms with van der Waals surface area (Å²) in [4.78, 5) is 4.49. The molecule has 1 aliphatic heterocycles. The maximum atomic E-state index is 6.19. The lowest BCUT2D eigenvalue weighted by Gasteiger charge is -2.37. The van der Waals surface area contributed by atoms with Crippen LogP contribution in [0.1, 0.15) is 0 Å². The average molecular weight is 270 g/mol. The van der Waals surface area contributed by atoms with Crippen molar-refractivity contribution in [2.45, 2.75) is 0 Å². The lowest BCUT2D eigenvalue weighted by molar-refractivity contribution is 0.383. The van der Waals surface area contributed by atoms with Crippen LogP contribution in [0, 0.1) is 0 Å². The van der Waals surface area contributed by atoms with Crippen LogP contribution >= 0.6 is 23.8 Å². The maximum absolute atomic E-state index is 6.19. The fourth-order valence-electron chi connectivity index (χ4n) is 2.02. The van der Waals surface area contributed by atoms with Gasteiger partial charge < -0.3 is 15.1 Å². The Labute approximate surface area is 112 Å². The Morgan fingerprint density at radius 3 is 2.47 bits per heavy atom. The average Bonchev–Trinajstić information content (AvgIpc) is 2.39. The molecule has 0 bridgehead atoms. The van der Waals surface area contributed by atoms with Gasteiger partial charge >= 0.3 is 0 Å². The minimum Gasteiger partial charge on any atom is -0.367 e. The third kappa shape index (κ3) is 2.82. The van der Waals surface area contributed by atoms with Gasteiger partial charge in [0.2, 0.25) is 0 Å². The van der Waals surface area contributed by atoms with Gasteiger partial charge in [-0.05, 0) is 24.4 Å². The Morgan fingerprint density at radius 1 is 1.24 bits per heavy atom. The van der Waals surface area contributed by atoms with Crippen molar-refractivity contribution in [1.82, 2.24) is 10.2 Å². The molecule has 1 aromatic rings. The van der Waals surface area contributed by atoms with Gasteiger partial charge in [-0.25, -0.2) is 0 Å². The summed E-state index contributed by atoms with van der Waals surface area (Å²) in [5.74, 6) is 0. The standard InChI is InChI=1S/C12H16ClN3S/c1-14-12(17)16-8-6-15(7-9-16)11-5-3-2-4-10(11)13/h2-5H,6-9H2,1H3,(H,14,17). The fourth-order valence-corrected chi connectivity index (χ4v) is 2.45. The summed E-state index contributed by atoms with van der Waals surface area (Å²) < 4.78 is 0. The van der Waals surface area contributed by atoms with Crippen molar-refractivity contribution in [3.63, 3.8) is 0 Å². The van der Waals surface area contributed by atoms with E-state index in [0.29, 0.717) is 0 Å². The first-order chi connectivity index (χ1) is 8.22. The molecule has 0 amide bonds. The zero-order valence-electron chi connectivity index (χ0n) is 9.82. The second-order valence-corrected chi connectivity index (χ2v) is 4.77. The number of halogens is 1. The molecule has 1 heterocycles. The summed E-state index contributed by atoms with van der Waals surface area (Å²) in [5.41, 5.74) is 1.11. The van der Waals surface area contributed by atoms with Crippen LogP contribution in [-0.4, -0.2) is 43.2 Å². The molecule has 17 heavy (non-hydrogen) atoms. The number of thiocarbonyl (C=S) groups is 1. The first kappa shape index (κ1) is 12.5. The molecule has 1 fully saturated rings. The Bertz CT molecular complexity index is 402. The van der Waals surface area contributed by atoms with E-state index in [0.717, 1.165) is 42.0 Å². The summed E-state index contributed by atoms with van der Waals surface area (Å²) in [5, 5.41) is 4.65. The van der Waals surface area contributed by atoms with Crippen molar-refractivity contribution in [1.29, 1.82) is 0 Å². The van der Waals surface area contributed by atoms with Gasteiger partial charge in [0.15, 0.2) is 5.11 Å². The minimum atomic E-state index is 0.817. The van der Waals surface area contributed by atoms with Crippen molar-refractivity contribution in [3.05, 3.63) is 29.3 Å². The van der Waals surface area contributed by atoms with E-state index in [-0.39, 0.29) is 0 Å². The van der Waals surface area contributed by atoms with E-state index in [4.69, 9.17) is 23.8 Å². The lowest BCUT2D eigenvalue weighted by Crippen LogP contribution is -2.51. The Hall–Kier alpha value is -1.00. The summed E-state index contributed by atoms with van der Waals surface area (Å²) >= 11 is 11.4. The van der Waals surface area contributed by atoms with E-state index in [2.05, 4.69) is 21.2 Å². The quantitative estimate of drug-likeness (QED) is 0.786. The zero-order valence-corrected chi connectivity index (χ0v) is 11.4. The van der Waals surface area contributed by atoms with Crippen molar-refractivity contribution in [3.8, 4) is 0 Å². The second-order valence-electron chi connectivity index (χ2n) is 3.98. The number of nitrogens with zero attached hydrogens (tertiary/aromatic N) is 2. The van der Waals surface area contributed by atoms with Crippen LogP contribution in [0.3, 0.4) is 0 Å². The molecule has 1 aliphatic rings. The molecule has 1 N–H and O–H groups in total. The van der Waals surface area contributed by atoms with Gasteiger partial charge in [-0.3, -0.25) is 0 Å². The smallest absolute Gasteiger partial charge is 0.168 e. The van der Waals surface area contributed by atoms with Crippen molar-refractivity contribution >= 4 is 34.6 Å². The number of anilines is 1. The van der Waals surface area contributed by atoms with Gasteiger partial charge in [0.1, 0.15) is 0 Å². The molecule has 0 spiro atoms. The second kappa shape index (κ2) is 5.56. The van der Waals surface area contributed by atoms with Gasteiger partial charge in [0.05, 0.1) is 10.7 Å². The Balaban J connectivity index is 2.00. The Kier molecular flexibility index (Phi) is 4.07. The molecule has 0 unspecified atom stereocenters. The maximum Gasteiger partial charge on any atom is 0.168 e. The van der Waals surface area contributed by atoms with Crippen molar-refractivity contribution in [2.24, 2.45) is 0 Å². The number of para-hydroxylation sites is 1. The van der Waals surface area contributed by atoms with Gasteiger partial charge in [-0.2, -0.15) is 0 Å². The molecule has 0 aromatic heterocycles. The molecule has 3 nitrogen and oxygen atoms in total. The summed E-state index contributed by atoms with van der Waals surface area (Å²) in [6, 6.07) is 7.97. The molecule has 1 aromatic carbocycles. The summed E-state index contributed by atoms with van der Waals surface area (Å²) in [6.45, 7) is 3.77. The zero-order chi connectivity index (χ0) is 12.3. The third-order valence-corrected chi connectivity index (χ3v) is 3.76. The molecule has 5 heteroatoms. The van der Waals surface area contributed by atoms with E-state index >= 15 is 0 Å². The molecule has 92 valence electrons. The van der Waals surface area contributed by atoms with E-state index < -0.39 is 0 Å². The van der Waals surface area contributed by atoms with Crippen molar-refractivity contribution < 1.29 is 0 Å². The van der Waals surface area contributed by atoms with Gasteiger partial charge in [-0.15, -0.1) is 0 Å². The molecular formula is C12H16ClN3S. The van der Waals surface area contributed by atoms with Crippen LogP contribution in [-0.2, 0) is 0 Å². The third-order valence-electron chi connectivity index (χ3n) is 2.97. The molecule has 2 rings (SSSR count). The van der Waals surface area contributed by atoms with Crippen LogP contribution < -0.4 is 10.2 Å². The summed E-state index contributed by atoms with van der Waals surface area (Å²) in [6.07, 6.45) is 0. The van der Waals surface area contributed by atoms with Crippen LogP contribution in [0.5, 0.6) is 0 Å². The molecule has 0 saturated carbocycles. The minimum absolute atomic E-state index is 0.817.